The molecular weight excluding hydrogens is 416 g/mol. The van der Waals surface area contributed by atoms with Crippen LogP contribution in [0.2, 0.25) is 0 Å². The predicted molar refractivity (Wildman–Crippen MR) is 155 cm³/mol. The highest BCUT2D eigenvalue weighted by atomic mass is 32.1. The van der Waals surface area contributed by atoms with Crippen LogP contribution in [0.25, 0.3) is 0 Å². The van der Waals surface area contributed by atoms with Gasteiger partial charge < -0.3 is 0 Å². The molecule has 0 fully saturated rings. The van der Waals surface area contributed by atoms with Crippen LogP contribution in [0.4, 0.5) is 0 Å². The molecule has 0 nitrogen and oxygen atoms in total. The molecule has 1 rings (SSSR count). The lowest BCUT2D eigenvalue weighted by atomic mass is 9.78. The second-order valence-electron chi connectivity index (χ2n) is 10.3. The molecule has 0 aliphatic carbocycles. The highest BCUT2D eigenvalue weighted by Crippen LogP contribution is 2.35. The van der Waals surface area contributed by atoms with Gasteiger partial charge in [0.05, 0.1) is 0 Å². The van der Waals surface area contributed by atoms with Crippen LogP contribution in [0.15, 0.2) is 0 Å². The number of benzene rings is 1. The van der Waals surface area contributed by atoms with Crippen LogP contribution in [-0.2, 0) is 37.9 Å². The van der Waals surface area contributed by atoms with Crippen LogP contribution in [0.3, 0.4) is 0 Å². The van der Waals surface area contributed by atoms with Crippen molar-refractivity contribution in [2.75, 3.05) is 0 Å². The van der Waals surface area contributed by atoms with Crippen molar-refractivity contribution in [2.24, 2.45) is 0 Å². The summed E-state index contributed by atoms with van der Waals surface area (Å²) in [5.41, 5.74) is 10.5. The van der Waals surface area contributed by atoms with E-state index in [-0.39, 0.29) is 0 Å². The molecule has 0 heterocycles. The van der Waals surface area contributed by atoms with Gasteiger partial charge in [-0.25, -0.2) is 0 Å². The van der Waals surface area contributed by atoms with Gasteiger partial charge in [-0.15, -0.1) is 0 Å². The number of unbranched alkanes of at least 4 members (excludes halogenated alkanes) is 10. The molecule has 1 aromatic carbocycles. The summed E-state index contributed by atoms with van der Waals surface area (Å²) in [5, 5.41) is 0. The van der Waals surface area contributed by atoms with Crippen molar-refractivity contribution in [2.45, 2.75) is 169 Å². The monoisotopic (exact) mass is 474 g/mol. The lowest BCUT2D eigenvalue weighted by Gasteiger charge is -2.27. The van der Waals surface area contributed by atoms with Crippen molar-refractivity contribution >= 4 is 12.6 Å². The second-order valence-corrected chi connectivity index (χ2v) is 10.6. The molecule has 0 spiro atoms. The fraction of sp³-hybridized carbons (Fsp3) is 0.812. The van der Waals surface area contributed by atoms with E-state index in [2.05, 4.69) is 34.6 Å². The molecule has 0 unspecified atom stereocenters. The molecule has 0 N–H and O–H groups in total. The van der Waals surface area contributed by atoms with Crippen molar-refractivity contribution in [3.05, 3.63) is 33.4 Å². The zero-order chi connectivity index (χ0) is 24.3. The first-order valence-corrected chi connectivity index (χ1v) is 15.6. The van der Waals surface area contributed by atoms with Crippen molar-refractivity contribution in [1.29, 1.82) is 0 Å². The Kier molecular flexibility index (Phi) is 18.4. The van der Waals surface area contributed by atoms with Crippen LogP contribution < -0.4 is 0 Å². The molecule has 1 heteroatoms. The molecule has 0 radical (unpaired) electrons. The molecule has 33 heavy (non-hydrogen) atoms. The van der Waals surface area contributed by atoms with E-state index in [1.165, 1.54) is 128 Å². The first-order chi connectivity index (χ1) is 16.2. The van der Waals surface area contributed by atoms with Crippen LogP contribution in [0.5, 0.6) is 0 Å². The molecule has 192 valence electrons. The van der Waals surface area contributed by atoms with E-state index < -0.39 is 0 Å². The van der Waals surface area contributed by atoms with E-state index in [0.29, 0.717) is 0 Å². The first kappa shape index (κ1) is 30.6. The summed E-state index contributed by atoms with van der Waals surface area (Å²) in [6.45, 7) is 11.7. The van der Waals surface area contributed by atoms with E-state index in [1.54, 1.807) is 33.4 Å². The van der Waals surface area contributed by atoms with Crippen LogP contribution >= 0.6 is 12.6 Å². The summed E-state index contributed by atoms with van der Waals surface area (Å²) in [5.74, 6) is 0.930. The van der Waals surface area contributed by atoms with E-state index in [9.17, 15) is 0 Å². The fourth-order valence-corrected chi connectivity index (χ4v) is 5.93. The second kappa shape index (κ2) is 19.8. The molecule has 0 bridgehead atoms. The minimum absolute atomic E-state index is 0.930. The predicted octanol–water partition coefficient (Wildman–Crippen LogP) is 10.8. The van der Waals surface area contributed by atoms with Gasteiger partial charge in [-0.1, -0.05) is 98.8 Å². The molecule has 0 atom stereocenters. The average molecular weight is 475 g/mol. The Balaban J connectivity index is 3.63. The van der Waals surface area contributed by atoms with Crippen LogP contribution in [0, 0.1) is 0 Å². The maximum Gasteiger partial charge on any atom is 0.0159 e. The van der Waals surface area contributed by atoms with Crippen molar-refractivity contribution < 1.29 is 0 Å². The molecule has 0 aliphatic rings. The Labute approximate surface area is 214 Å². The van der Waals surface area contributed by atoms with Crippen LogP contribution in [0.1, 0.15) is 164 Å². The third kappa shape index (κ3) is 10.8. The van der Waals surface area contributed by atoms with Gasteiger partial charge in [0.1, 0.15) is 0 Å². The summed E-state index contributed by atoms with van der Waals surface area (Å²) in [4.78, 5) is 0. The van der Waals surface area contributed by atoms with Crippen molar-refractivity contribution in [3.63, 3.8) is 0 Å². The average Bonchev–Trinajstić information content (AvgIpc) is 2.82. The maximum atomic E-state index is 4.97. The molecule has 0 aromatic heterocycles. The highest BCUT2D eigenvalue weighted by molar-refractivity contribution is 7.79. The zero-order valence-corrected chi connectivity index (χ0v) is 24.2. The zero-order valence-electron chi connectivity index (χ0n) is 23.3. The highest BCUT2D eigenvalue weighted by Gasteiger charge is 2.22. The van der Waals surface area contributed by atoms with Gasteiger partial charge in [-0.2, -0.15) is 12.6 Å². The molecule has 0 amide bonds. The van der Waals surface area contributed by atoms with Crippen molar-refractivity contribution in [3.8, 4) is 0 Å². The molecule has 1 aromatic rings. The molecule has 0 saturated heterocycles. The smallest absolute Gasteiger partial charge is 0.0159 e. The number of rotatable bonds is 21. The van der Waals surface area contributed by atoms with E-state index in [1.807, 2.05) is 0 Å². The van der Waals surface area contributed by atoms with E-state index >= 15 is 0 Å². The third-order valence-corrected chi connectivity index (χ3v) is 7.81. The first-order valence-electron chi connectivity index (χ1n) is 15.0. The Hall–Kier alpha value is -0.430. The lowest BCUT2D eigenvalue weighted by molar-refractivity contribution is 0.652. The fourth-order valence-electron chi connectivity index (χ4n) is 5.55. The van der Waals surface area contributed by atoms with Crippen molar-refractivity contribution in [1.82, 2.24) is 0 Å². The molecular formula is C32H58S. The SMILES string of the molecule is CCCCCc1c(CS)c(CCCCC)c(CCCCC)c(CCCCC)c1CCCCC. The van der Waals surface area contributed by atoms with Gasteiger partial charge >= 0.3 is 0 Å². The van der Waals surface area contributed by atoms with Crippen LogP contribution in [-0.4, -0.2) is 0 Å². The van der Waals surface area contributed by atoms with E-state index in [0.717, 1.165) is 5.75 Å². The Morgan fingerprint density at radius 2 is 0.545 bits per heavy atom. The number of thiol groups is 1. The van der Waals surface area contributed by atoms with Gasteiger partial charge in [0.15, 0.2) is 0 Å². The molecule has 0 saturated carbocycles. The summed E-state index contributed by atoms with van der Waals surface area (Å²) in [6.07, 6.45) is 26.6. The summed E-state index contributed by atoms with van der Waals surface area (Å²) in [6, 6.07) is 0. The normalized spacial score (nSPS) is 11.5. The van der Waals surface area contributed by atoms with Gasteiger partial charge in [-0.05, 0) is 97.6 Å². The summed E-state index contributed by atoms with van der Waals surface area (Å²) in [7, 11) is 0. The minimum Gasteiger partial charge on any atom is -0.175 e. The van der Waals surface area contributed by atoms with Gasteiger partial charge in [-0.3, -0.25) is 0 Å². The largest absolute Gasteiger partial charge is 0.175 e. The minimum atomic E-state index is 0.930. The van der Waals surface area contributed by atoms with E-state index in [4.69, 9.17) is 12.6 Å². The van der Waals surface area contributed by atoms with Gasteiger partial charge in [0.25, 0.3) is 0 Å². The summed E-state index contributed by atoms with van der Waals surface area (Å²) < 4.78 is 0. The number of hydrogen-bond donors (Lipinski definition) is 1. The lowest BCUT2D eigenvalue weighted by Crippen LogP contribution is -2.14. The standard InChI is InChI=1S/C32H58S/c1-6-11-16-21-27-28(22-17-12-7-2)30(24-19-14-9-4)32(26-33)31(25-20-15-10-5)29(27)23-18-13-8-3/h33H,6-26H2,1-5H3. The Morgan fingerprint density at radius 1 is 0.333 bits per heavy atom. The van der Waals surface area contributed by atoms with Gasteiger partial charge in [0.2, 0.25) is 0 Å². The molecule has 0 aliphatic heterocycles. The van der Waals surface area contributed by atoms with Gasteiger partial charge in [0, 0.05) is 5.75 Å². The summed E-state index contributed by atoms with van der Waals surface area (Å²) >= 11 is 4.97. The maximum absolute atomic E-state index is 4.97. The topological polar surface area (TPSA) is 0 Å². The quantitative estimate of drug-likeness (QED) is 0.133. The number of hydrogen-bond acceptors (Lipinski definition) is 1. The third-order valence-electron chi connectivity index (χ3n) is 7.50. The Bertz CT molecular complexity index is 570. The Morgan fingerprint density at radius 3 is 0.727 bits per heavy atom.